The van der Waals surface area contributed by atoms with Gasteiger partial charge in [0, 0.05) is 25.4 Å². The monoisotopic (exact) mass is 343 g/mol. The van der Waals surface area contributed by atoms with E-state index < -0.39 is 12.2 Å². The SMILES string of the molecule is COC(CN/C=C(/C#N)C(=O)Nc1cc(Cl)ccc1Cl)OC. The van der Waals surface area contributed by atoms with E-state index in [9.17, 15) is 4.79 Å². The van der Waals surface area contributed by atoms with Crippen molar-refractivity contribution in [1.29, 1.82) is 5.26 Å². The molecule has 0 spiro atoms. The van der Waals surface area contributed by atoms with Crippen LogP contribution in [0, 0.1) is 11.3 Å². The Morgan fingerprint density at radius 3 is 2.68 bits per heavy atom. The lowest BCUT2D eigenvalue weighted by molar-refractivity contribution is -0.112. The number of ether oxygens (including phenoxy) is 2. The molecule has 0 aliphatic carbocycles. The first kappa shape index (κ1) is 18.3. The highest BCUT2D eigenvalue weighted by atomic mass is 35.5. The van der Waals surface area contributed by atoms with Gasteiger partial charge in [0.1, 0.15) is 11.6 Å². The van der Waals surface area contributed by atoms with Crippen molar-refractivity contribution < 1.29 is 14.3 Å². The number of nitriles is 1. The maximum atomic E-state index is 12.0. The predicted molar refractivity (Wildman–Crippen MR) is 84.6 cm³/mol. The van der Waals surface area contributed by atoms with Crippen LogP contribution in [0.2, 0.25) is 10.0 Å². The molecular weight excluding hydrogens is 329 g/mol. The smallest absolute Gasteiger partial charge is 0.267 e. The van der Waals surface area contributed by atoms with Crippen LogP contribution in [0.1, 0.15) is 0 Å². The van der Waals surface area contributed by atoms with Gasteiger partial charge in [0.15, 0.2) is 6.29 Å². The molecule has 0 aliphatic rings. The van der Waals surface area contributed by atoms with Gasteiger partial charge in [-0.25, -0.2) is 0 Å². The lowest BCUT2D eigenvalue weighted by Crippen LogP contribution is -2.27. The molecule has 1 rings (SSSR count). The van der Waals surface area contributed by atoms with Crippen LogP contribution in [0.4, 0.5) is 5.69 Å². The van der Waals surface area contributed by atoms with Crippen molar-refractivity contribution in [1.82, 2.24) is 5.32 Å². The Labute approximate surface area is 138 Å². The van der Waals surface area contributed by atoms with Gasteiger partial charge in [0.2, 0.25) is 0 Å². The number of benzene rings is 1. The molecule has 1 amide bonds. The molecule has 1 aromatic rings. The largest absolute Gasteiger partial charge is 0.385 e. The second-order valence-electron chi connectivity index (χ2n) is 4.06. The van der Waals surface area contributed by atoms with Crippen LogP contribution in [-0.4, -0.2) is 33.0 Å². The average Bonchev–Trinajstić information content (AvgIpc) is 2.51. The van der Waals surface area contributed by atoms with Crippen molar-refractivity contribution in [2.24, 2.45) is 0 Å². The number of hydrogen-bond donors (Lipinski definition) is 2. The molecule has 0 atom stereocenters. The van der Waals surface area contributed by atoms with Gasteiger partial charge < -0.3 is 20.1 Å². The van der Waals surface area contributed by atoms with Crippen LogP contribution in [-0.2, 0) is 14.3 Å². The summed E-state index contributed by atoms with van der Waals surface area (Å²) in [5, 5.41) is 15.1. The van der Waals surface area contributed by atoms with E-state index >= 15 is 0 Å². The molecule has 0 radical (unpaired) electrons. The third-order valence-corrected chi connectivity index (χ3v) is 3.16. The Morgan fingerprint density at radius 2 is 2.09 bits per heavy atom. The third-order valence-electron chi connectivity index (χ3n) is 2.60. The minimum Gasteiger partial charge on any atom is -0.385 e. The Hall–Kier alpha value is -1.78. The fraction of sp³-hybridized carbons (Fsp3) is 0.286. The Kier molecular flexibility index (Phi) is 7.71. The molecule has 22 heavy (non-hydrogen) atoms. The number of methoxy groups -OCH3 is 2. The Balaban J connectivity index is 2.72. The van der Waals surface area contributed by atoms with Gasteiger partial charge in [-0.1, -0.05) is 23.2 Å². The summed E-state index contributed by atoms with van der Waals surface area (Å²) in [5.74, 6) is -0.606. The summed E-state index contributed by atoms with van der Waals surface area (Å²) in [4.78, 5) is 12.0. The quantitative estimate of drug-likeness (QED) is 0.451. The van der Waals surface area contributed by atoms with Crippen molar-refractivity contribution in [3.63, 3.8) is 0 Å². The molecule has 1 aromatic carbocycles. The fourth-order valence-electron chi connectivity index (χ4n) is 1.45. The molecule has 0 saturated carbocycles. The molecule has 0 aliphatic heterocycles. The lowest BCUT2D eigenvalue weighted by Gasteiger charge is -2.13. The van der Waals surface area contributed by atoms with E-state index in [-0.39, 0.29) is 12.1 Å². The molecular formula is C14H15Cl2N3O3. The molecule has 0 fully saturated rings. The molecule has 0 bridgehead atoms. The summed E-state index contributed by atoms with van der Waals surface area (Å²) in [6.07, 6.45) is 0.792. The number of nitrogens with one attached hydrogen (secondary N) is 2. The zero-order valence-corrected chi connectivity index (χ0v) is 13.5. The Bertz CT molecular complexity index is 595. The maximum absolute atomic E-state index is 12.0. The van der Waals surface area contributed by atoms with Gasteiger partial charge in [-0.05, 0) is 18.2 Å². The molecule has 6 nitrogen and oxygen atoms in total. The van der Waals surface area contributed by atoms with E-state index in [0.29, 0.717) is 15.7 Å². The second-order valence-corrected chi connectivity index (χ2v) is 4.90. The minimum atomic E-state index is -0.606. The van der Waals surface area contributed by atoms with Crippen LogP contribution in [0.3, 0.4) is 0 Å². The van der Waals surface area contributed by atoms with Crippen LogP contribution < -0.4 is 10.6 Å². The van der Waals surface area contributed by atoms with Crippen molar-refractivity contribution in [3.8, 4) is 6.07 Å². The zero-order chi connectivity index (χ0) is 16.5. The lowest BCUT2D eigenvalue weighted by atomic mass is 10.2. The summed E-state index contributed by atoms with van der Waals surface area (Å²) < 4.78 is 9.94. The number of halogens is 2. The number of carbonyl (C=O) groups is 1. The maximum Gasteiger partial charge on any atom is 0.267 e. The molecule has 118 valence electrons. The number of nitrogens with zero attached hydrogens (tertiary/aromatic N) is 1. The Morgan fingerprint density at radius 1 is 1.41 bits per heavy atom. The third kappa shape index (κ3) is 5.54. The molecule has 8 heteroatoms. The van der Waals surface area contributed by atoms with Gasteiger partial charge in [-0.15, -0.1) is 0 Å². The highest BCUT2D eigenvalue weighted by Gasteiger charge is 2.12. The summed E-state index contributed by atoms with van der Waals surface area (Å²) in [7, 11) is 2.97. The van der Waals surface area contributed by atoms with E-state index in [0.717, 1.165) is 0 Å². The zero-order valence-electron chi connectivity index (χ0n) is 12.0. The highest BCUT2D eigenvalue weighted by Crippen LogP contribution is 2.25. The van der Waals surface area contributed by atoms with Crippen LogP contribution >= 0.6 is 23.2 Å². The van der Waals surface area contributed by atoms with Crippen LogP contribution in [0.15, 0.2) is 30.0 Å². The van der Waals surface area contributed by atoms with Crippen molar-refractivity contribution >= 4 is 34.8 Å². The second kappa shape index (κ2) is 9.28. The van der Waals surface area contributed by atoms with Gasteiger partial charge >= 0.3 is 0 Å². The normalized spacial score (nSPS) is 11.2. The summed E-state index contributed by atoms with van der Waals surface area (Å²) in [5.41, 5.74) is 0.203. The minimum absolute atomic E-state index is 0.123. The van der Waals surface area contributed by atoms with Gasteiger partial charge in [-0.3, -0.25) is 4.79 Å². The van der Waals surface area contributed by atoms with E-state index in [1.165, 1.54) is 26.5 Å². The number of carbonyl (C=O) groups excluding carboxylic acids is 1. The van der Waals surface area contributed by atoms with E-state index in [2.05, 4.69) is 10.6 Å². The van der Waals surface area contributed by atoms with E-state index in [4.69, 9.17) is 37.9 Å². The number of anilines is 1. The average molecular weight is 344 g/mol. The van der Waals surface area contributed by atoms with Crippen molar-refractivity contribution in [3.05, 3.63) is 40.0 Å². The topological polar surface area (TPSA) is 83.4 Å². The van der Waals surface area contributed by atoms with Gasteiger partial charge in [-0.2, -0.15) is 5.26 Å². The van der Waals surface area contributed by atoms with Crippen LogP contribution in [0.5, 0.6) is 0 Å². The van der Waals surface area contributed by atoms with Crippen molar-refractivity contribution in [2.75, 3.05) is 26.1 Å². The van der Waals surface area contributed by atoms with E-state index in [1.807, 2.05) is 0 Å². The summed E-state index contributed by atoms with van der Waals surface area (Å²) >= 11 is 11.8. The molecule has 0 aromatic heterocycles. The number of amides is 1. The molecule has 2 N–H and O–H groups in total. The number of rotatable bonds is 7. The molecule has 0 heterocycles. The fourth-order valence-corrected chi connectivity index (χ4v) is 1.79. The van der Waals surface area contributed by atoms with E-state index in [1.54, 1.807) is 18.2 Å². The first-order valence-corrected chi connectivity index (χ1v) is 6.93. The predicted octanol–water partition coefficient (Wildman–Crippen LogP) is 2.55. The summed E-state index contributed by atoms with van der Waals surface area (Å²) in [6.45, 7) is 0.281. The summed E-state index contributed by atoms with van der Waals surface area (Å²) in [6, 6.07) is 6.44. The van der Waals surface area contributed by atoms with Gasteiger partial charge in [0.05, 0.1) is 17.3 Å². The van der Waals surface area contributed by atoms with Crippen LogP contribution in [0.25, 0.3) is 0 Å². The first-order chi connectivity index (χ1) is 10.5. The first-order valence-electron chi connectivity index (χ1n) is 6.17. The van der Waals surface area contributed by atoms with Crippen molar-refractivity contribution in [2.45, 2.75) is 6.29 Å². The highest BCUT2D eigenvalue weighted by molar-refractivity contribution is 6.35. The molecule has 0 saturated heterocycles. The molecule has 0 unspecified atom stereocenters. The standard InChI is InChI=1S/C14H15Cl2N3O3/c1-21-13(22-2)8-18-7-9(6-17)14(20)19-12-5-10(15)3-4-11(12)16/h3-5,7,13,18H,8H2,1-2H3,(H,19,20)/b9-7-. The van der Waals surface area contributed by atoms with Gasteiger partial charge in [0.25, 0.3) is 5.91 Å². The number of hydrogen-bond acceptors (Lipinski definition) is 5.